The van der Waals surface area contributed by atoms with Gasteiger partial charge in [-0.05, 0) is 12.1 Å². The van der Waals surface area contributed by atoms with E-state index < -0.39 is 17.2 Å². The Morgan fingerprint density at radius 1 is 1.33 bits per heavy atom. The van der Waals surface area contributed by atoms with Gasteiger partial charge in [-0.25, -0.2) is 0 Å². The molecular formula is C10H9NO4. The molecule has 0 aliphatic carbocycles. The summed E-state index contributed by atoms with van der Waals surface area (Å²) in [5, 5.41) is 9.00. The fourth-order valence-corrected chi connectivity index (χ4v) is 1.44. The SMILES string of the molecule is O=C(O)C1(C(=O)c2ccncc2)COC1. The van der Waals surface area contributed by atoms with Crippen LogP contribution in [0.4, 0.5) is 0 Å². The van der Waals surface area contributed by atoms with Gasteiger partial charge in [0.15, 0.2) is 11.2 Å². The van der Waals surface area contributed by atoms with E-state index in [9.17, 15) is 9.59 Å². The minimum Gasteiger partial charge on any atom is -0.480 e. The molecule has 0 bridgehead atoms. The van der Waals surface area contributed by atoms with E-state index >= 15 is 0 Å². The van der Waals surface area contributed by atoms with E-state index in [1.807, 2.05) is 0 Å². The van der Waals surface area contributed by atoms with Crippen molar-refractivity contribution in [3.8, 4) is 0 Å². The van der Waals surface area contributed by atoms with Crippen LogP contribution in [0.3, 0.4) is 0 Å². The van der Waals surface area contributed by atoms with Crippen LogP contribution >= 0.6 is 0 Å². The molecule has 1 aromatic rings. The number of rotatable bonds is 3. The van der Waals surface area contributed by atoms with Gasteiger partial charge in [-0.1, -0.05) is 0 Å². The molecule has 0 saturated carbocycles. The van der Waals surface area contributed by atoms with Gasteiger partial charge in [-0.2, -0.15) is 0 Å². The van der Waals surface area contributed by atoms with Crippen LogP contribution in [0.2, 0.25) is 0 Å². The molecule has 5 nitrogen and oxygen atoms in total. The van der Waals surface area contributed by atoms with Gasteiger partial charge in [0.2, 0.25) is 0 Å². The summed E-state index contributed by atoms with van der Waals surface area (Å²) in [5.41, 5.74) is -1.03. The summed E-state index contributed by atoms with van der Waals surface area (Å²) in [6, 6.07) is 3.01. The van der Waals surface area contributed by atoms with Gasteiger partial charge in [-0.15, -0.1) is 0 Å². The largest absolute Gasteiger partial charge is 0.480 e. The fourth-order valence-electron chi connectivity index (χ4n) is 1.44. The molecule has 5 heteroatoms. The predicted octanol–water partition coefficient (Wildman–Crippen LogP) is 0.366. The summed E-state index contributed by atoms with van der Waals surface area (Å²) in [6.07, 6.45) is 2.92. The van der Waals surface area contributed by atoms with E-state index in [4.69, 9.17) is 9.84 Å². The first kappa shape index (κ1) is 9.79. The molecule has 2 rings (SSSR count). The van der Waals surface area contributed by atoms with E-state index in [-0.39, 0.29) is 13.2 Å². The minimum atomic E-state index is -1.39. The third kappa shape index (κ3) is 1.41. The summed E-state index contributed by atoms with van der Waals surface area (Å²) in [6.45, 7) is -0.104. The maximum Gasteiger partial charge on any atom is 0.322 e. The van der Waals surface area contributed by atoms with Crippen LogP contribution in [0.15, 0.2) is 24.5 Å². The average Bonchev–Trinajstić information content (AvgIpc) is 2.16. The average molecular weight is 207 g/mol. The molecule has 0 aromatic carbocycles. The van der Waals surface area contributed by atoms with E-state index in [0.717, 1.165) is 0 Å². The number of carboxylic acid groups (broad SMARTS) is 1. The molecule has 1 fully saturated rings. The van der Waals surface area contributed by atoms with Crippen LogP contribution in [0.25, 0.3) is 0 Å². The second kappa shape index (κ2) is 3.43. The van der Waals surface area contributed by atoms with E-state index in [1.165, 1.54) is 24.5 Å². The minimum absolute atomic E-state index is 0.0521. The molecule has 0 atom stereocenters. The number of aromatic nitrogens is 1. The Kier molecular flexibility index (Phi) is 2.24. The number of nitrogens with zero attached hydrogens (tertiary/aromatic N) is 1. The van der Waals surface area contributed by atoms with Crippen molar-refractivity contribution in [3.05, 3.63) is 30.1 Å². The normalized spacial score (nSPS) is 17.9. The first-order valence-electron chi connectivity index (χ1n) is 4.43. The number of hydrogen-bond acceptors (Lipinski definition) is 4. The Morgan fingerprint density at radius 2 is 1.93 bits per heavy atom. The highest BCUT2D eigenvalue weighted by molar-refractivity contribution is 6.12. The number of ether oxygens (including phenoxy) is 1. The Bertz CT molecular complexity index is 397. The Labute approximate surface area is 85.7 Å². The van der Waals surface area contributed by atoms with Crippen molar-refractivity contribution in [2.45, 2.75) is 0 Å². The van der Waals surface area contributed by atoms with Crippen molar-refractivity contribution in [2.24, 2.45) is 5.41 Å². The molecule has 1 N–H and O–H groups in total. The van der Waals surface area contributed by atoms with Gasteiger partial charge in [0, 0.05) is 18.0 Å². The number of carbonyl (C=O) groups is 2. The second-order valence-electron chi connectivity index (χ2n) is 3.45. The number of aliphatic carboxylic acids is 1. The first-order valence-corrected chi connectivity index (χ1v) is 4.43. The third-order valence-corrected chi connectivity index (χ3v) is 2.48. The van der Waals surface area contributed by atoms with E-state index in [1.54, 1.807) is 0 Å². The number of Topliss-reactive ketones (excluding diaryl/α,β-unsaturated/α-hetero) is 1. The topological polar surface area (TPSA) is 76.5 Å². The van der Waals surface area contributed by atoms with Crippen LogP contribution in [0, 0.1) is 5.41 Å². The predicted molar refractivity (Wildman–Crippen MR) is 49.5 cm³/mol. The smallest absolute Gasteiger partial charge is 0.322 e. The van der Waals surface area contributed by atoms with Crippen molar-refractivity contribution in [3.63, 3.8) is 0 Å². The number of pyridine rings is 1. The quantitative estimate of drug-likeness (QED) is 0.572. The van der Waals surface area contributed by atoms with Gasteiger partial charge in [0.1, 0.15) is 0 Å². The van der Waals surface area contributed by atoms with Crippen LogP contribution < -0.4 is 0 Å². The standard InChI is InChI=1S/C10H9NO4/c12-8(7-1-3-11-4-2-7)10(9(13)14)5-15-6-10/h1-4H,5-6H2,(H,13,14). The van der Waals surface area contributed by atoms with Crippen molar-refractivity contribution in [1.82, 2.24) is 4.98 Å². The fraction of sp³-hybridized carbons (Fsp3) is 0.300. The van der Waals surface area contributed by atoms with Gasteiger partial charge >= 0.3 is 5.97 Å². The zero-order chi connectivity index (χ0) is 10.9. The van der Waals surface area contributed by atoms with E-state index in [0.29, 0.717) is 5.56 Å². The van der Waals surface area contributed by atoms with Crippen molar-refractivity contribution >= 4 is 11.8 Å². The van der Waals surface area contributed by atoms with Gasteiger partial charge in [0.25, 0.3) is 0 Å². The first-order chi connectivity index (χ1) is 7.17. The molecule has 0 radical (unpaired) electrons. The highest BCUT2D eigenvalue weighted by Gasteiger charge is 2.53. The lowest BCUT2D eigenvalue weighted by atomic mass is 9.79. The molecule has 78 valence electrons. The zero-order valence-electron chi connectivity index (χ0n) is 7.84. The molecule has 0 unspecified atom stereocenters. The van der Waals surface area contributed by atoms with Gasteiger partial charge < -0.3 is 9.84 Å². The molecule has 1 aromatic heterocycles. The summed E-state index contributed by atoms with van der Waals surface area (Å²) < 4.78 is 4.82. The van der Waals surface area contributed by atoms with Crippen LogP contribution in [0.5, 0.6) is 0 Å². The number of carbonyl (C=O) groups excluding carboxylic acids is 1. The lowest BCUT2D eigenvalue weighted by molar-refractivity contribution is -0.168. The zero-order valence-corrected chi connectivity index (χ0v) is 7.84. The molecule has 1 aliphatic heterocycles. The summed E-state index contributed by atoms with van der Waals surface area (Å²) in [7, 11) is 0. The highest BCUT2D eigenvalue weighted by atomic mass is 16.5. The Hall–Kier alpha value is -1.75. The third-order valence-electron chi connectivity index (χ3n) is 2.48. The van der Waals surface area contributed by atoms with Crippen molar-refractivity contribution < 1.29 is 19.4 Å². The highest BCUT2D eigenvalue weighted by Crippen LogP contribution is 2.31. The van der Waals surface area contributed by atoms with E-state index in [2.05, 4.69) is 4.98 Å². The number of ketones is 1. The molecule has 1 aliphatic rings. The van der Waals surface area contributed by atoms with Gasteiger partial charge in [-0.3, -0.25) is 14.6 Å². The molecule has 0 spiro atoms. The van der Waals surface area contributed by atoms with Crippen molar-refractivity contribution in [1.29, 1.82) is 0 Å². The summed E-state index contributed by atoms with van der Waals surface area (Å²) in [4.78, 5) is 26.7. The van der Waals surface area contributed by atoms with Crippen molar-refractivity contribution in [2.75, 3.05) is 13.2 Å². The summed E-state index contributed by atoms with van der Waals surface area (Å²) >= 11 is 0. The lowest BCUT2D eigenvalue weighted by Gasteiger charge is -2.35. The van der Waals surface area contributed by atoms with Gasteiger partial charge in [0.05, 0.1) is 13.2 Å². The maximum atomic E-state index is 11.9. The molecule has 2 heterocycles. The Morgan fingerprint density at radius 3 is 2.33 bits per heavy atom. The summed E-state index contributed by atoms with van der Waals surface area (Å²) in [5.74, 6) is -1.54. The second-order valence-corrected chi connectivity index (χ2v) is 3.45. The molecule has 0 amide bonds. The monoisotopic (exact) mass is 207 g/mol. The Balaban J connectivity index is 2.32. The lowest BCUT2D eigenvalue weighted by Crippen LogP contribution is -2.54. The van der Waals surface area contributed by atoms with Crippen LogP contribution in [0.1, 0.15) is 10.4 Å². The molecule has 15 heavy (non-hydrogen) atoms. The molecular weight excluding hydrogens is 198 g/mol. The number of carboxylic acids is 1. The molecule has 1 saturated heterocycles. The van der Waals surface area contributed by atoms with Crippen LogP contribution in [-0.2, 0) is 9.53 Å². The maximum absolute atomic E-state index is 11.9. The number of hydrogen-bond donors (Lipinski definition) is 1. The van der Waals surface area contributed by atoms with Crippen LogP contribution in [-0.4, -0.2) is 35.1 Å².